The standard InChI is InChI=1S/C18H22FN5O2/c1-5-20-17(25)24(14-8-6-13(19)7-9-14)15-10-11-21-16(23-15)22-12(2)18(3,4)26/h6-11,26H,5H2,1-4H3,(H,20,25). The molecule has 0 saturated carbocycles. The lowest BCUT2D eigenvalue weighted by atomic mass is 10.1. The van der Waals surface area contributed by atoms with Gasteiger partial charge in [0.15, 0.2) is 0 Å². The van der Waals surface area contributed by atoms with Gasteiger partial charge in [0.25, 0.3) is 5.95 Å². The normalized spacial score (nSPS) is 12.0. The van der Waals surface area contributed by atoms with Gasteiger partial charge in [-0.05, 0) is 52.0 Å². The maximum atomic E-state index is 13.2. The van der Waals surface area contributed by atoms with E-state index < -0.39 is 17.4 Å². The maximum Gasteiger partial charge on any atom is 0.327 e. The number of carbonyl (C=O) groups excluding carboxylic acids is 1. The van der Waals surface area contributed by atoms with E-state index in [-0.39, 0.29) is 11.8 Å². The minimum atomic E-state index is -1.12. The molecule has 0 saturated heterocycles. The fourth-order valence-electron chi connectivity index (χ4n) is 1.98. The predicted molar refractivity (Wildman–Crippen MR) is 98.7 cm³/mol. The van der Waals surface area contributed by atoms with E-state index in [1.807, 2.05) is 0 Å². The number of aliphatic hydroxyl groups is 1. The van der Waals surface area contributed by atoms with Crippen LogP contribution in [-0.2, 0) is 0 Å². The van der Waals surface area contributed by atoms with Crippen molar-refractivity contribution in [1.29, 1.82) is 0 Å². The second kappa shape index (κ2) is 8.01. The van der Waals surface area contributed by atoms with Gasteiger partial charge in [0.2, 0.25) is 0 Å². The van der Waals surface area contributed by atoms with Crippen LogP contribution in [0.1, 0.15) is 27.7 Å². The summed E-state index contributed by atoms with van der Waals surface area (Å²) in [6, 6.07) is 6.64. The molecule has 0 radical (unpaired) electrons. The van der Waals surface area contributed by atoms with Crippen molar-refractivity contribution in [3.63, 3.8) is 0 Å². The molecule has 0 aliphatic heterocycles. The molecule has 2 amide bonds. The molecule has 7 nitrogen and oxygen atoms in total. The third kappa shape index (κ3) is 4.82. The quantitative estimate of drug-likeness (QED) is 0.801. The molecule has 1 aromatic carbocycles. The Morgan fingerprint density at radius 1 is 1.31 bits per heavy atom. The third-order valence-electron chi connectivity index (χ3n) is 3.63. The molecule has 0 spiro atoms. The molecule has 2 rings (SSSR count). The number of benzene rings is 1. The van der Waals surface area contributed by atoms with Gasteiger partial charge < -0.3 is 10.4 Å². The van der Waals surface area contributed by atoms with Gasteiger partial charge in [-0.25, -0.2) is 24.1 Å². The van der Waals surface area contributed by atoms with Crippen LogP contribution in [-0.4, -0.2) is 39.0 Å². The van der Waals surface area contributed by atoms with Crippen molar-refractivity contribution < 1.29 is 14.3 Å². The highest BCUT2D eigenvalue weighted by atomic mass is 19.1. The van der Waals surface area contributed by atoms with Gasteiger partial charge in [-0.2, -0.15) is 4.98 Å². The number of aliphatic imine (C=N–C) groups is 1. The molecule has 0 unspecified atom stereocenters. The van der Waals surface area contributed by atoms with Crippen LogP contribution in [0.3, 0.4) is 0 Å². The Hall–Kier alpha value is -2.87. The zero-order chi connectivity index (χ0) is 19.3. The number of rotatable bonds is 5. The Labute approximate surface area is 151 Å². The SMILES string of the molecule is CCNC(=O)N(c1ccc(F)cc1)c1ccnc(N=C(C)C(C)(C)O)n1. The molecule has 0 fully saturated rings. The fraction of sp³-hybridized carbons (Fsp3) is 0.333. The topological polar surface area (TPSA) is 90.7 Å². The minimum Gasteiger partial charge on any atom is -0.385 e. The third-order valence-corrected chi connectivity index (χ3v) is 3.63. The first-order valence-corrected chi connectivity index (χ1v) is 8.17. The van der Waals surface area contributed by atoms with Crippen LogP contribution >= 0.6 is 0 Å². The zero-order valence-corrected chi connectivity index (χ0v) is 15.2. The van der Waals surface area contributed by atoms with Crippen molar-refractivity contribution in [2.75, 3.05) is 11.4 Å². The summed E-state index contributed by atoms with van der Waals surface area (Å²) in [5, 5.41) is 12.7. The smallest absolute Gasteiger partial charge is 0.327 e. The van der Waals surface area contributed by atoms with Crippen molar-refractivity contribution in [2.45, 2.75) is 33.3 Å². The highest BCUT2D eigenvalue weighted by Gasteiger charge is 2.21. The summed E-state index contributed by atoms with van der Waals surface area (Å²) in [6.45, 7) is 7.09. The summed E-state index contributed by atoms with van der Waals surface area (Å²) >= 11 is 0. The lowest BCUT2D eigenvalue weighted by Crippen LogP contribution is -2.37. The molecule has 0 aliphatic rings. The first-order chi connectivity index (χ1) is 12.2. The molecule has 1 aromatic heterocycles. The van der Waals surface area contributed by atoms with E-state index >= 15 is 0 Å². The molecular formula is C18H22FN5O2. The summed E-state index contributed by atoms with van der Waals surface area (Å²) < 4.78 is 13.2. The summed E-state index contributed by atoms with van der Waals surface area (Å²) in [7, 11) is 0. The number of urea groups is 1. The van der Waals surface area contributed by atoms with E-state index in [1.54, 1.807) is 33.8 Å². The van der Waals surface area contributed by atoms with Crippen molar-refractivity contribution in [3.8, 4) is 0 Å². The van der Waals surface area contributed by atoms with Crippen LogP contribution < -0.4 is 10.2 Å². The van der Waals surface area contributed by atoms with Gasteiger partial charge in [0.1, 0.15) is 11.6 Å². The summed E-state index contributed by atoms with van der Waals surface area (Å²) in [5.74, 6) is -0.0169. The van der Waals surface area contributed by atoms with E-state index in [0.29, 0.717) is 17.9 Å². The van der Waals surface area contributed by atoms with Crippen molar-refractivity contribution in [2.24, 2.45) is 4.99 Å². The molecule has 1 heterocycles. The van der Waals surface area contributed by atoms with Gasteiger partial charge in [-0.3, -0.25) is 0 Å². The molecule has 2 N–H and O–H groups in total. The molecule has 26 heavy (non-hydrogen) atoms. The van der Waals surface area contributed by atoms with Crippen molar-refractivity contribution >= 4 is 29.2 Å². The summed E-state index contributed by atoms with van der Waals surface area (Å²) in [6.07, 6.45) is 1.47. The predicted octanol–water partition coefficient (Wildman–Crippen LogP) is 3.35. The number of amides is 2. The fourth-order valence-corrected chi connectivity index (χ4v) is 1.98. The largest absolute Gasteiger partial charge is 0.385 e. The number of carbonyl (C=O) groups is 1. The Morgan fingerprint density at radius 2 is 1.96 bits per heavy atom. The van der Waals surface area contributed by atoms with E-state index in [9.17, 15) is 14.3 Å². The zero-order valence-electron chi connectivity index (χ0n) is 15.2. The second-order valence-corrected chi connectivity index (χ2v) is 6.12. The van der Waals surface area contributed by atoms with Gasteiger partial charge in [0, 0.05) is 24.5 Å². The van der Waals surface area contributed by atoms with Gasteiger partial charge >= 0.3 is 6.03 Å². The van der Waals surface area contributed by atoms with E-state index in [1.165, 1.54) is 35.4 Å². The number of nitrogens with one attached hydrogen (secondary N) is 1. The van der Waals surface area contributed by atoms with Crippen LogP contribution in [0.2, 0.25) is 0 Å². The number of nitrogens with zero attached hydrogens (tertiary/aromatic N) is 4. The molecule has 8 heteroatoms. The minimum absolute atomic E-state index is 0.110. The van der Waals surface area contributed by atoms with Crippen LogP contribution in [0.4, 0.5) is 26.6 Å². The highest BCUT2D eigenvalue weighted by molar-refractivity contribution is 5.98. The number of aromatic nitrogens is 2. The van der Waals surface area contributed by atoms with Gasteiger partial charge in [-0.15, -0.1) is 0 Å². The average Bonchev–Trinajstić information content (AvgIpc) is 2.57. The highest BCUT2D eigenvalue weighted by Crippen LogP contribution is 2.25. The maximum absolute atomic E-state index is 13.2. The monoisotopic (exact) mass is 359 g/mol. The lowest BCUT2D eigenvalue weighted by Gasteiger charge is -2.22. The molecule has 138 valence electrons. The number of anilines is 2. The van der Waals surface area contributed by atoms with E-state index in [4.69, 9.17) is 0 Å². The number of hydrogen-bond acceptors (Lipinski definition) is 5. The molecule has 0 aliphatic carbocycles. The Kier molecular flexibility index (Phi) is 5.99. The Morgan fingerprint density at radius 3 is 2.54 bits per heavy atom. The summed E-state index contributed by atoms with van der Waals surface area (Å²) in [5.41, 5.74) is -0.235. The molecular weight excluding hydrogens is 337 g/mol. The average molecular weight is 359 g/mol. The molecule has 2 aromatic rings. The Balaban J connectivity index is 2.47. The van der Waals surface area contributed by atoms with Crippen LogP contribution in [0.25, 0.3) is 0 Å². The lowest BCUT2D eigenvalue weighted by molar-refractivity contribution is 0.153. The van der Waals surface area contributed by atoms with Crippen LogP contribution in [0.5, 0.6) is 0 Å². The van der Waals surface area contributed by atoms with Gasteiger partial charge in [-0.1, -0.05) is 0 Å². The van der Waals surface area contributed by atoms with Gasteiger partial charge in [0.05, 0.1) is 11.3 Å². The van der Waals surface area contributed by atoms with Crippen molar-refractivity contribution in [3.05, 3.63) is 42.3 Å². The Bertz CT molecular complexity index is 800. The molecule has 0 atom stereocenters. The summed E-state index contributed by atoms with van der Waals surface area (Å²) in [4.78, 5) is 26.4. The first-order valence-electron chi connectivity index (χ1n) is 8.17. The van der Waals surface area contributed by atoms with E-state index in [2.05, 4.69) is 20.3 Å². The first kappa shape index (κ1) is 19.5. The number of halogens is 1. The van der Waals surface area contributed by atoms with Crippen LogP contribution in [0.15, 0.2) is 41.5 Å². The van der Waals surface area contributed by atoms with Crippen LogP contribution in [0, 0.1) is 5.82 Å². The number of hydrogen-bond donors (Lipinski definition) is 2. The molecule has 0 bridgehead atoms. The van der Waals surface area contributed by atoms with E-state index in [0.717, 1.165) is 0 Å². The van der Waals surface area contributed by atoms with Crippen molar-refractivity contribution in [1.82, 2.24) is 15.3 Å². The second-order valence-electron chi connectivity index (χ2n) is 6.12.